The van der Waals surface area contributed by atoms with Crippen molar-refractivity contribution in [1.82, 2.24) is 14.5 Å². The van der Waals surface area contributed by atoms with Crippen LogP contribution < -0.4 is 0 Å². The molecule has 88 valence electrons. The summed E-state index contributed by atoms with van der Waals surface area (Å²) < 4.78 is 1.83. The maximum absolute atomic E-state index is 12.1. The molecule has 0 radical (unpaired) electrons. The van der Waals surface area contributed by atoms with Gasteiger partial charge < -0.3 is 4.57 Å². The van der Waals surface area contributed by atoms with Crippen LogP contribution in [0.3, 0.4) is 0 Å². The summed E-state index contributed by atoms with van der Waals surface area (Å²) in [5, 5.41) is 0.512. The van der Waals surface area contributed by atoms with Gasteiger partial charge in [-0.15, -0.1) is 0 Å². The van der Waals surface area contributed by atoms with Gasteiger partial charge in [0.2, 0.25) is 5.78 Å². The Balaban J connectivity index is 2.30. The van der Waals surface area contributed by atoms with Crippen molar-refractivity contribution < 1.29 is 4.79 Å². The van der Waals surface area contributed by atoms with Crippen LogP contribution in [0.2, 0.25) is 5.02 Å². The van der Waals surface area contributed by atoms with Crippen LogP contribution in [0.15, 0.2) is 30.7 Å². The third-order valence-corrected chi connectivity index (χ3v) is 2.57. The molecular formula is C12H12ClN3O. The van der Waals surface area contributed by atoms with Gasteiger partial charge in [-0.1, -0.05) is 18.5 Å². The van der Waals surface area contributed by atoms with Crippen molar-refractivity contribution in [3.05, 3.63) is 47.3 Å². The van der Waals surface area contributed by atoms with E-state index in [1.807, 2.05) is 4.57 Å². The number of aromatic nitrogens is 3. The van der Waals surface area contributed by atoms with Crippen molar-refractivity contribution in [3.63, 3.8) is 0 Å². The average molecular weight is 250 g/mol. The van der Waals surface area contributed by atoms with Gasteiger partial charge in [0.05, 0.1) is 5.02 Å². The Morgan fingerprint density at radius 1 is 1.41 bits per heavy atom. The number of aryl methyl sites for hydroxylation is 1. The highest BCUT2D eigenvalue weighted by molar-refractivity contribution is 6.30. The normalized spacial score (nSPS) is 10.5. The lowest BCUT2D eigenvalue weighted by molar-refractivity contribution is 0.102. The SMILES string of the molecule is CCCn1ccnc1C(=O)c1ccc(Cl)cn1. The molecule has 2 aromatic rings. The summed E-state index contributed by atoms with van der Waals surface area (Å²) in [5.74, 6) is 0.238. The number of rotatable bonds is 4. The van der Waals surface area contributed by atoms with Gasteiger partial charge in [0.1, 0.15) is 5.69 Å². The molecule has 0 N–H and O–H groups in total. The minimum absolute atomic E-state index is 0.180. The Morgan fingerprint density at radius 3 is 2.88 bits per heavy atom. The molecule has 4 nitrogen and oxygen atoms in total. The quantitative estimate of drug-likeness (QED) is 0.783. The molecule has 0 aromatic carbocycles. The van der Waals surface area contributed by atoms with Crippen molar-refractivity contribution >= 4 is 17.4 Å². The zero-order chi connectivity index (χ0) is 12.3. The lowest BCUT2D eigenvalue weighted by atomic mass is 10.2. The molecule has 17 heavy (non-hydrogen) atoms. The maximum Gasteiger partial charge on any atom is 0.246 e. The smallest absolute Gasteiger partial charge is 0.246 e. The van der Waals surface area contributed by atoms with Crippen LogP contribution in [-0.4, -0.2) is 20.3 Å². The molecule has 0 aliphatic carbocycles. The molecule has 0 atom stereocenters. The largest absolute Gasteiger partial charge is 0.328 e. The van der Waals surface area contributed by atoms with Crippen LogP contribution in [0, 0.1) is 0 Å². The Morgan fingerprint density at radius 2 is 2.24 bits per heavy atom. The number of imidazole rings is 1. The number of hydrogen-bond acceptors (Lipinski definition) is 3. The topological polar surface area (TPSA) is 47.8 Å². The van der Waals surface area contributed by atoms with Crippen molar-refractivity contribution in [3.8, 4) is 0 Å². The number of pyridine rings is 1. The van der Waals surface area contributed by atoms with Gasteiger partial charge in [0.15, 0.2) is 5.82 Å². The zero-order valence-corrected chi connectivity index (χ0v) is 10.2. The summed E-state index contributed by atoms with van der Waals surface area (Å²) in [4.78, 5) is 20.2. The molecule has 0 fully saturated rings. The van der Waals surface area contributed by atoms with Crippen molar-refractivity contribution in [2.45, 2.75) is 19.9 Å². The van der Waals surface area contributed by atoms with Crippen molar-refractivity contribution in [2.24, 2.45) is 0 Å². The van der Waals surface area contributed by atoms with Gasteiger partial charge in [-0.05, 0) is 18.6 Å². The highest BCUT2D eigenvalue weighted by atomic mass is 35.5. The standard InChI is InChI=1S/C12H12ClN3O/c1-2-6-16-7-5-14-12(16)11(17)10-4-3-9(13)8-15-10/h3-5,7-8H,2,6H2,1H3. The van der Waals surface area contributed by atoms with E-state index >= 15 is 0 Å². The van der Waals surface area contributed by atoms with E-state index in [0.29, 0.717) is 16.5 Å². The number of ketones is 1. The summed E-state index contributed by atoms with van der Waals surface area (Å²) in [7, 11) is 0. The lowest BCUT2D eigenvalue weighted by Crippen LogP contribution is -2.12. The van der Waals surface area contributed by atoms with E-state index in [-0.39, 0.29) is 5.78 Å². The first-order chi connectivity index (χ1) is 8.22. The first-order valence-corrected chi connectivity index (χ1v) is 5.77. The van der Waals surface area contributed by atoms with E-state index in [2.05, 4.69) is 16.9 Å². The fraction of sp³-hybridized carbons (Fsp3) is 0.250. The van der Waals surface area contributed by atoms with E-state index < -0.39 is 0 Å². The van der Waals surface area contributed by atoms with Gasteiger partial charge in [-0.2, -0.15) is 0 Å². The Labute approximate surface area is 104 Å². The molecule has 5 heteroatoms. The molecule has 0 saturated carbocycles. The van der Waals surface area contributed by atoms with Gasteiger partial charge in [0, 0.05) is 25.1 Å². The lowest BCUT2D eigenvalue weighted by Gasteiger charge is -2.04. The van der Waals surface area contributed by atoms with E-state index in [1.54, 1.807) is 24.5 Å². The van der Waals surface area contributed by atoms with Gasteiger partial charge in [-0.3, -0.25) is 9.78 Å². The fourth-order valence-corrected chi connectivity index (χ4v) is 1.68. The summed E-state index contributed by atoms with van der Waals surface area (Å²) in [6.45, 7) is 2.82. The molecule has 2 heterocycles. The van der Waals surface area contributed by atoms with E-state index in [1.165, 1.54) is 6.20 Å². The molecule has 0 amide bonds. The third kappa shape index (κ3) is 2.53. The molecule has 0 aliphatic heterocycles. The number of halogens is 1. The minimum atomic E-state index is -0.180. The summed E-state index contributed by atoms with van der Waals surface area (Å²) in [6, 6.07) is 3.25. The average Bonchev–Trinajstić information content (AvgIpc) is 2.78. The first-order valence-electron chi connectivity index (χ1n) is 5.39. The van der Waals surface area contributed by atoms with Crippen LogP contribution in [-0.2, 0) is 6.54 Å². The molecule has 0 saturated heterocycles. The second-order valence-electron chi connectivity index (χ2n) is 3.64. The van der Waals surface area contributed by atoms with E-state index in [4.69, 9.17) is 11.6 Å². The highest BCUT2D eigenvalue weighted by Gasteiger charge is 2.15. The predicted molar refractivity (Wildman–Crippen MR) is 65.2 cm³/mol. The van der Waals surface area contributed by atoms with Crippen LogP contribution in [0.5, 0.6) is 0 Å². The predicted octanol–water partition coefficient (Wildman–Crippen LogP) is 2.57. The van der Waals surface area contributed by atoms with Gasteiger partial charge >= 0.3 is 0 Å². The Kier molecular flexibility index (Phi) is 3.54. The van der Waals surface area contributed by atoms with Gasteiger partial charge in [-0.25, -0.2) is 4.98 Å². The van der Waals surface area contributed by atoms with Crippen molar-refractivity contribution in [2.75, 3.05) is 0 Å². The van der Waals surface area contributed by atoms with Crippen LogP contribution in [0.1, 0.15) is 29.7 Å². The van der Waals surface area contributed by atoms with E-state index in [0.717, 1.165) is 13.0 Å². The molecule has 0 bridgehead atoms. The minimum Gasteiger partial charge on any atom is -0.328 e. The number of carbonyl (C=O) groups excluding carboxylic acids is 1. The molecule has 0 unspecified atom stereocenters. The monoisotopic (exact) mass is 249 g/mol. The first kappa shape index (κ1) is 11.8. The molecule has 2 rings (SSSR count). The number of nitrogens with zero attached hydrogens (tertiary/aromatic N) is 3. The van der Waals surface area contributed by atoms with Crippen LogP contribution >= 0.6 is 11.6 Å². The Hall–Kier alpha value is -1.68. The number of carbonyl (C=O) groups is 1. The zero-order valence-electron chi connectivity index (χ0n) is 9.43. The highest BCUT2D eigenvalue weighted by Crippen LogP contribution is 2.10. The maximum atomic E-state index is 12.1. The second kappa shape index (κ2) is 5.10. The second-order valence-corrected chi connectivity index (χ2v) is 4.07. The summed E-state index contributed by atoms with van der Waals surface area (Å²) >= 11 is 5.73. The third-order valence-electron chi connectivity index (χ3n) is 2.34. The van der Waals surface area contributed by atoms with Crippen molar-refractivity contribution in [1.29, 1.82) is 0 Å². The summed E-state index contributed by atoms with van der Waals surface area (Å²) in [6.07, 6.45) is 5.83. The van der Waals surface area contributed by atoms with Crippen LogP contribution in [0.4, 0.5) is 0 Å². The molecule has 2 aromatic heterocycles. The molecule has 0 spiro atoms. The van der Waals surface area contributed by atoms with Crippen LogP contribution in [0.25, 0.3) is 0 Å². The molecular weight excluding hydrogens is 238 g/mol. The molecule has 0 aliphatic rings. The number of hydrogen-bond donors (Lipinski definition) is 0. The van der Waals surface area contributed by atoms with Gasteiger partial charge in [0.25, 0.3) is 0 Å². The summed E-state index contributed by atoms with van der Waals surface area (Å²) in [5.41, 5.74) is 0.359. The Bertz CT molecular complexity index is 519. The fourth-order valence-electron chi connectivity index (χ4n) is 1.56. The van der Waals surface area contributed by atoms with E-state index in [9.17, 15) is 4.79 Å².